The molecule has 1 aromatic rings. The molecule has 0 radical (unpaired) electrons. The normalized spacial score (nSPS) is 26.8. The summed E-state index contributed by atoms with van der Waals surface area (Å²) in [6.45, 7) is 2.14. The van der Waals surface area contributed by atoms with Crippen LogP contribution in [0.2, 0.25) is 0 Å². The van der Waals surface area contributed by atoms with E-state index >= 15 is 0 Å². The molecule has 1 nitrogen and oxygen atoms in total. The van der Waals surface area contributed by atoms with Crippen molar-refractivity contribution < 1.29 is 13.9 Å². The van der Waals surface area contributed by atoms with Crippen molar-refractivity contribution in [3.05, 3.63) is 35.4 Å². The zero-order valence-electron chi connectivity index (χ0n) is 10.00. The first-order chi connectivity index (χ1) is 8.09. The third kappa shape index (κ3) is 2.65. The summed E-state index contributed by atoms with van der Waals surface area (Å²) in [5, 5.41) is 10.2. The lowest BCUT2D eigenvalue weighted by Gasteiger charge is -2.30. The molecule has 1 aliphatic rings. The Balaban J connectivity index is 2.18. The van der Waals surface area contributed by atoms with Crippen molar-refractivity contribution in [1.82, 2.24) is 0 Å². The molecule has 1 aliphatic carbocycles. The summed E-state index contributed by atoms with van der Waals surface area (Å²) >= 11 is 0. The summed E-state index contributed by atoms with van der Waals surface area (Å²) in [6, 6.07) is 4.00. The van der Waals surface area contributed by atoms with E-state index in [0.29, 0.717) is 5.92 Å². The van der Waals surface area contributed by atoms with Crippen molar-refractivity contribution in [2.45, 2.75) is 38.7 Å². The SMILES string of the molecule is CC1CCCC(C(O)c2cccc(F)c2F)C1. The first-order valence-corrected chi connectivity index (χ1v) is 6.21. The fourth-order valence-electron chi connectivity index (χ4n) is 2.77. The zero-order valence-corrected chi connectivity index (χ0v) is 10.00. The predicted molar refractivity (Wildman–Crippen MR) is 62.4 cm³/mol. The molecule has 1 fully saturated rings. The van der Waals surface area contributed by atoms with Crippen molar-refractivity contribution in [3.63, 3.8) is 0 Å². The van der Waals surface area contributed by atoms with Crippen molar-refractivity contribution in [2.24, 2.45) is 11.8 Å². The highest BCUT2D eigenvalue weighted by Gasteiger charge is 2.28. The highest BCUT2D eigenvalue weighted by atomic mass is 19.2. The molecule has 0 bridgehead atoms. The summed E-state index contributed by atoms with van der Waals surface area (Å²) in [6.07, 6.45) is 3.11. The van der Waals surface area contributed by atoms with E-state index in [1.165, 1.54) is 12.1 Å². The van der Waals surface area contributed by atoms with Crippen LogP contribution < -0.4 is 0 Å². The molecule has 0 amide bonds. The van der Waals surface area contributed by atoms with Crippen LogP contribution in [0.4, 0.5) is 8.78 Å². The van der Waals surface area contributed by atoms with Crippen molar-refractivity contribution in [3.8, 4) is 0 Å². The molecule has 1 saturated carbocycles. The smallest absolute Gasteiger partial charge is 0.164 e. The molecule has 3 heteroatoms. The number of hydrogen-bond donors (Lipinski definition) is 1. The van der Waals surface area contributed by atoms with Crippen LogP contribution in [-0.2, 0) is 0 Å². The topological polar surface area (TPSA) is 20.2 Å². The van der Waals surface area contributed by atoms with Gasteiger partial charge in [-0.05, 0) is 30.7 Å². The zero-order chi connectivity index (χ0) is 12.4. The van der Waals surface area contributed by atoms with Crippen molar-refractivity contribution in [2.75, 3.05) is 0 Å². The number of aliphatic hydroxyl groups excluding tert-OH is 1. The fraction of sp³-hybridized carbons (Fsp3) is 0.571. The van der Waals surface area contributed by atoms with Gasteiger partial charge in [-0.25, -0.2) is 8.78 Å². The van der Waals surface area contributed by atoms with Gasteiger partial charge < -0.3 is 5.11 Å². The molecule has 3 unspecified atom stereocenters. The standard InChI is InChI=1S/C14H18F2O/c1-9-4-2-5-10(8-9)14(17)11-6-3-7-12(15)13(11)16/h3,6-7,9-10,14,17H,2,4-5,8H2,1H3. The Labute approximate surface area is 100 Å². The van der Waals surface area contributed by atoms with Crippen molar-refractivity contribution >= 4 is 0 Å². The van der Waals surface area contributed by atoms with Crippen LogP contribution in [0.15, 0.2) is 18.2 Å². The van der Waals surface area contributed by atoms with Gasteiger partial charge in [-0.15, -0.1) is 0 Å². The van der Waals surface area contributed by atoms with Gasteiger partial charge in [0.25, 0.3) is 0 Å². The van der Waals surface area contributed by atoms with E-state index in [1.54, 1.807) is 0 Å². The van der Waals surface area contributed by atoms with Gasteiger partial charge in [0.05, 0.1) is 6.10 Å². The van der Waals surface area contributed by atoms with E-state index in [9.17, 15) is 13.9 Å². The van der Waals surface area contributed by atoms with Gasteiger partial charge in [0.1, 0.15) is 0 Å². The number of rotatable bonds is 2. The molecule has 1 aromatic carbocycles. The number of hydrogen-bond acceptors (Lipinski definition) is 1. The summed E-state index contributed by atoms with van der Waals surface area (Å²) in [5.74, 6) is -1.18. The Kier molecular flexibility index (Phi) is 3.77. The molecular formula is C14H18F2O. The minimum absolute atomic E-state index is 0.0510. The molecule has 0 saturated heterocycles. The summed E-state index contributed by atoms with van der Waals surface area (Å²) in [5.41, 5.74) is 0.101. The summed E-state index contributed by atoms with van der Waals surface area (Å²) in [7, 11) is 0. The number of halogens is 2. The van der Waals surface area contributed by atoms with Gasteiger partial charge in [0.2, 0.25) is 0 Å². The molecule has 2 rings (SSSR count). The summed E-state index contributed by atoms with van der Waals surface area (Å²) < 4.78 is 26.7. The molecule has 17 heavy (non-hydrogen) atoms. The van der Waals surface area contributed by atoms with Gasteiger partial charge in [0.15, 0.2) is 11.6 Å². The second-order valence-corrected chi connectivity index (χ2v) is 5.12. The third-order valence-corrected chi connectivity index (χ3v) is 3.72. The Morgan fingerprint density at radius 1 is 1.29 bits per heavy atom. The first-order valence-electron chi connectivity index (χ1n) is 6.21. The Hall–Kier alpha value is -0.960. The highest BCUT2D eigenvalue weighted by Crippen LogP contribution is 2.37. The fourth-order valence-corrected chi connectivity index (χ4v) is 2.77. The molecule has 0 heterocycles. The van der Waals surface area contributed by atoms with Gasteiger partial charge in [-0.1, -0.05) is 31.9 Å². The Morgan fingerprint density at radius 3 is 2.76 bits per heavy atom. The van der Waals surface area contributed by atoms with E-state index in [1.807, 2.05) is 0 Å². The van der Waals surface area contributed by atoms with Gasteiger partial charge >= 0.3 is 0 Å². The van der Waals surface area contributed by atoms with Crippen molar-refractivity contribution in [1.29, 1.82) is 0 Å². The first kappa shape index (κ1) is 12.5. The predicted octanol–water partition coefficient (Wildman–Crippen LogP) is 3.82. The molecule has 0 spiro atoms. The monoisotopic (exact) mass is 240 g/mol. The van der Waals surface area contributed by atoms with Gasteiger partial charge in [-0.2, -0.15) is 0 Å². The maximum absolute atomic E-state index is 13.6. The molecule has 3 atom stereocenters. The molecule has 0 aromatic heterocycles. The Bertz CT molecular complexity index is 392. The average molecular weight is 240 g/mol. The Morgan fingerprint density at radius 2 is 2.06 bits per heavy atom. The largest absolute Gasteiger partial charge is 0.388 e. The third-order valence-electron chi connectivity index (χ3n) is 3.72. The second kappa shape index (κ2) is 5.13. The number of aliphatic hydroxyl groups is 1. The quantitative estimate of drug-likeness (QED) is 0.833. The van der Waals surface area contributed by atoms with Crippen LogP contribution in [0, 0.1) is 23.5 Å². The molecule has 0 aliphatic heterocycles. The van der Waals surface area contributed by atoms with Crippen LogP contribution in [0.25, 0.3) is 0 Å². The minimum Gasteiger partial charge on any atom is -0.388 e. The lowest BCUT2D eigenvalue weighted by molar-refractivity contribution is 0.0679. The lowest BCUT2D eigenvalue weighted by Crippen LogP contribution is -2.21. The minimum atomic E-state index is -0.904. The van der Waals surface area contributed by atoms with Crippen LogP contribution >= 0.6 is 0 Å². The van der Waals surface area contributed by atoms with E-state index in [0.717, 1.165) is 31.7 Å². The molecule has 1 N–H and O–H groups in total. The van der Waals surface area contributed by atoms with E-state index < -0.39 is 17.7 Å². The average Bonchev–Trinajstić information content (AvgIpc) is 2.32. The van der Waals surface area contributed by atoms with Crippen LogP contribution in [-0.4, -0.2) is 5.11 Å². The second-order valence-electron chi connectivity index (χ2n) is 5.12. The maximum atomic E-state index is 13.6. The highest BCUT2D eigenvalue weighted by molar-refractivity contribution is 5.22. The van der Waals surface area contributed by atoms with E-state index in [-0.39, 0.29) is 11.5 Å². The van der Waals surface area contributed by atoms with Crippen LogP contribution in [0.5, 0.6) is 0 Å². The van der Waals surface area contributed by atoms with Gasteiger partial charge in [0, 0.05) is 5.56 Å². The lowest BCUT2D eigenvalue weighted by atomic mass is 9.78. The van der Waals surface area contributed by atoms with Crippen LogP contribution in [0.1, 0.15) is 44.3 Å². The summed E-state index contributed by atoms with van der Waals surface area (Å²) in [4.78, 5) is 0. The van der Waals surface area contributed by atoms with E-state index in [2.05, 4.69) is 6.92 Å². The molecule has 94 valence electrons. The van der Waals surface area contributed by atoms with E-state index in [4.69, 9.17) is 0 Å². The molecular weight excluding hydrogens is 222 g/mol. The van der Waals surface area contributed by atoms with Gasteiger partial charge in [-0.3, -0.25) is 0 Å². The van der Waals surface area contributed by atoms with Crippen LogP contribution in [0.3, 0.4) is 0 Å². The maximum Gasteiger partial charge on any atom is 0.164 e. The number of benzene rings is 1.